The fourth-order valence-corrected chi connectivity index (χ4v) is 0.368. The van der Waals surface area contributed by atoms with Gasteiger partial charge in [-0.05, 0) is 0 Å². The number of rotatable bonds is 1. The third-order valence-electron chi connectivity index (χ3n) is 0.794. The summed E-state index contributed by atoms with van der Waals surface area (Å²) in [5.41, 5.74) is 0.449. The van der Waals surface area contributed by atoms with Gasteiger partial charge in [-0.3, -0.25) is 9.89 Å². The van der Waals surface area contributed by atoms with Crippen molar-refractivity contribution in [2.75, 3.05) is 0 Å². The first-order valence-corrected chi connectivity index (χ1v) is 2.17. The van der Waals surface area contributed by atoms with Crippen molar-refractivity contribution in [2.45, 2.75) is 6.92 Å². The Balaban J connectivity index is 2.93. The maximum Gasteiger partial charge on any atom is 0.179 e. The summed E-state index contributed by atoms with van der Waals surface area (Å²) in [6.07, 6.45) is 1.39. The van der Waals surface area contributed by atoms with Gasteiger partial charge in [0.05, 0.1) is 6.20 Å². The van der Waals surface area contributed by atoms with E-state index in [-0.39, 0.29) is 5.78 Å². The van der Waals surface area contributed by atoms with E-state index in [0.717, 1.165) is 0 Å². The van der Waals surface area contributed by atoms with Crippen LogP contribution >= 0.6 is 0 Å². The molecule has 4 heteroatoms. The minimum absolute atomic E-state index is 0.0463. The van der Waals surface area contributed by atoms with E-state index in [1.165, 1.54) is 13.1 Å². The van der Waals surface area contributed by atoms with Crippen molar-refractivity contribution >= 4 is 5.78 Å². The van der Waals surface area contributed by atoms with Gasteiger partial charge in [-0.1, -0.05) is 5.21 Å². The summed E-state index contributed by atoms with van der Waals surface area (Å²) in [4.78, 5) is 10.4. The van der Waals surface area contributed by atoms with E-state index in [4.69, 9.17) is 0 Å². The summed E-state index contributed by atoms with van der Waals surface area (Å²) in [6, 6.07) is 0. The number of carbonyl (C=O) groups is 1. The summed E-state index contributed by atoms with van der Waals surface area (Å²) in [6.45, 7) is 1.45. The molecule has 0 aromatic carbocycles. The average molecular weight is 111 g/mol. The molecule has 1 aromatic heterocycles. The van der Waals surface area contributed by atoms with Crippen LogP contribution in [-0.4, -0.2) is 21.2 Å². The highest BCUT2D eigenvalue weighted by Crippen LogP contribution is 1.86. The monoisotopic (exact) mass is 111 g/mol. The zero-order valence-corrected chi connectivity index (χ0v) is 4.38. The molecule has 0 radical (unpaired) electrons. The molecule has 0 amide bonds. The van der Waals surface area contributed by atoms with Crippen molar-refractivity contribution in [3.8, 4) is 0 Å². The van der Waals surface area contributed by atoms with E-state index in [0.29, 0.717) is 5.69 Å². The quantitative estimate of drug-likeness (QED) is 0.519. The minimum Gasteiger partial charge on any atom is -0.293 e. The van der Waals surface area contributed by atoms with Crippen LogP contribution in [0.4, 0.5) is 0 Å². The van der Waals surface area contributed by atoms with Crippen LogP contribution in [0.5, 0.6) is 0 Å². The molecule has 0 aliphatic carbocycles. The molecule has 0 saturated heterocycles. The number of aromatic amines is 1. The Kier molecular flexibility index (Phi) is 1.07. The van der Waals surface area contributed by atoms with Gasteiger partial charge >= 0.3 is 0 Å². The maximum absolute atomic E-state index is 10.4. The summed E-state index contributed by atoms with van der Waals surface area (Å²) >= 11 is 0. The predicted octanol–water partition coefficient (Wildman–Crippen LogP) is 0.00730. The van der Waals surface area contributed by atoms with Crippen LogP contribution in [0.3, 0.4) is 0 Å². The average Bonchev–Trinajstić information content (AvgIpc) is 2.12. The van der Waals surface area contributed by atoms with Gasteiger partial charge in [0.1, 0.15) is 5.69 Å². The molecule has 0 aliphatic rings. The molecule has 1 rings (SSSR count). The highest BCUT2D eigenvalue weighted by molar-refractivity contribution is 5.91. The number of ketones is 1. The van der Waals surface area contributed by atoms with Crippen molar-refractivity contribution in [1.29, 1.82) is 0 Å². The van der Waals surface area contributed by atoms with Crippen molar-refractivity contribution in [3.05, 3.63) is 11.9 Å². The number of hydrogen-bond donors (Lipinski definition) is 1. The van der Waals surface area contributed by atoms with Crippen LogP contribution in [0, 0.1) is 0 Å². The number of nitrogens with one attached hydrogen (secondary N) is 1. The largest absolute Gasteiger partial charge is 0.293 e. The maximum atomic E-state index is 10.4. The molecule has 42 valence electrons. The van der Waals surface area contributed by atoms with Gasteiger partial charge < -0.3 is 0 Å². The van der Waals surface area contributed by atoms with Gasteiger partial charge in [0.15, 0.2) is 5.78 Å². The van der Waals surface area contributed by atoms with Crippen LogP contribution in [0.15, 0.2) is 6.20 Å². The number of aromatic nitrogens is 3. The topological polar surface area (TPSA) is 58.6 Å². The first kappa shape index (κ1) is 4.96. The molecule has 0 unspecified atom stereocenters. The Morgan fingerprint density at radius 1 is 1.88 bits per heavy atom. The molecule has 0 saturated carbocycles. The van der Waals surface area contributed by atoms with E-state index in [1.54, 1.807) is 0 Å². The van der Waals surface area contributed by atoms with E-state index in [2.05, 4.69) is 15.4 Å². The molecular formula is C4H5N3O. The zero-order chi connectivity index (χ0) is 5.98. The lowest BCUT2D eigenvalue weighted by atomic mass is 10.3. The van der Waals surface area contributed by atoms with Gasteiger partial charge in [0, 0.05) is 6.92 Å². The zero-order valence-electron chi connectivity index (χ0n) is 4.38. The third-order valence-corrected chi connectivity index (χ3v) is 0.794. The number of Topliss-reactive ketones (excluding diaryl/α,β-unsaturated/α-hetero) is 1. The van der Waals surface area contributed by atoms with E-state index < -0.39 is 0 Å². The molecule has 0 spiro atoms. The van der Waals surface area contributed by atoms with Crippen LogP contribution in [0.1, 0.15) is 17.4 Å². The van der Waals surface area contributed by atoms with Crippen LogP contribution < -0.4 is 0 Å². The molecular weight excluding hydrogens is 106 g/mol. The summed E-state index contributed by atoms with van der Waals surface area (Å²) < 4.78 is 0. The Morgan fingerprint density at radius 3 is 2.88 bits per heavy atom. The molecule has 1 heterocycles. The fourth-order valence-electron chi connectivity index (χ4n) is 0.368. The summed E-state index contributed by atoms with van der Waals surface area (Å²) in [5.74, 6) is -0.0463. The van der Waals surface area contributed by atoms with Crippen LogP contribution in [-0.2, 0) is 0 Å². The van der Waals surface area contributed by atoms with Gasteiger partial charge in [0.25, 0.3) is 0 Å². The second-order valence-electron chi connectivity index (χ2n) is 1.43. The first-order chi connectivity index (χ1) is 3.80. The molecule has 0 aliphatic heterocycles. The molecule has 1 N–H and O–H groups in total. The lowest BCUT2D eigenvalue weighted by molar-refractivity contribution is 0.101. The van der Waals surface area contributed by atoms with Crippen LogP contribution in [0.25, 0.3) is 0 Å². The second-order valence-corrected chi connectivity index (χ2v) is 1.43. The number of hydrogen-bond acceptors (Lipinski definition) is 3. The minimum atomic E-state index is -0.0463. The predicted molar refractivity (Wildman–Crippen MR) is 26.4 cm³/mol. The highest BCUT2D eigenvalue weighted by atomic mass is 16.1. The van der Waals surface area contributed by atoms with Crippen molar-refractivity contribution in [1.82, 2.24) is 15.4 Å². The molecule has 4 nitrogen and oxygen atoms in total. The third kappa shape index (κ3) is 0.726. The second kappa shape index (κ2) is 1.73. The van der Waals surface area contributed by atoms with Crippen molar-refractivity contribution in [3.63, 3.8) is 0 Å². The van der Waals surface area contributed by atoms with Crippen LogP contribution in [0.2, 0.25) is 0 Å². The number of H-pyrrole nitrogens is 1. The fraction of sp³-hybridized carbons (Fsp3) is 0.250. The van der Waals surface area contributed by atoms with E-state index >= 15 is 0 Å². The lowest BCUT2D eigenvalue weighted by Gasteiger charge is -1.78. The Morgan fingerprint density at radius 2 is 2.62 bits per heavy atom. The molecule has 8 heavy (non-hydrogen) atoms. The smallest absolute Gasteiger partial charge is 0.179 e. The first-order valence-electron chi connectivity index (χ1n) is 2.17. The normalized spacial score (nSPS) is 9.12. The summed E-state index contributed by atoms with van der Waals surface area (Å²) in [7, 11) is 0. The Hall–Kier alpha value is -1.19. The Labute approximate surface area is 45.9 Å². The Bertz CT molecular complexity index is 179. The van der Waals surface area contributed by atoms with E-state index in [9.17, 15) is 4.79 Å². The van der Waals surface area contributed by atoms with Crippen molar-refractivity contribution < 1.29 is 4.79 Å². The van der Waals surface area contributed by atoms with Crippen molar-refractivity contribution in [2.24, 2.45) is 0 Å². The van der Waals surface area contributed by atoms with Gasteiger partial charge in [-0.2, -0.15) is 0 Å². The highest BCUT2D eigenvalue weighted by Gasteiger charge is 1.96. The van der Waals surface area contributed by atoms with E-state index in [1.807, 2.05) is 0 Å². The SMILES string of the molecule is CC(=O)c1cnn[nH]1. The van der Waals surface area contributed by atoms with Gasteiger partial charge in [0.2, 0.25) is 0 Å². The molecule has 0 atom stereocenters. The number of nitrogens with zero attached hydrogens (tertiary/aromatic N) is 2. The number of carbonyl (C=O) groups excluding carboxylic acids is 1. The summed E-state index contributed by atoms with van der Waals surface area (Å²) in [5, 5.41) is 9.19. The molecule has 0 fully saturated rings. The van der Waals surface area contributed by atoms with Gasteiger partial charge in [-0.15, -0.1) is 5.10 Å². The lowest BCUT2D eigenvalue weighted by Crippen LogP contribution is -1.90. The molecule has 0 bridgehead atoms. The van der Waals surface area contributed by atoms with Gasteiger partial charge in [-0.25, -0.2) is 0 Å². The standard InChI is InChI=1S/C4H5N3O/c1-3(8)4-2-5-7-6-4/h2H,1H3,(H,5,6,7). The molecule has 1 aromatic rings.